The van der Waals surface area contributed by atoms with Crippen LogP contribution in [-0.4, -0.2) is 27.0 Å². The average molecular weight is 318 g/mol. The number of aromatic nitrogens is 2. The smallest absolute Gasteiger partial charge is 0.318 e. The van der Waals surface area contributed by atoms with Gasteiger partial charge in [0.05, 0.1) is 6.04 Å². The molecule has 3 rings (SSSR count). The molecule has 0 radical (unpaired) electrons. The van der Waals surface area contributed by atoms with Crippen molar-refractivity contribution in [1.82, 2.24) is 19.8 Å². The molecule has 22 heavy (non-hydrogen) atoms. The number of amides is 2. The van der Waals surface area contributed by atoms with Crippen LogP contribution in [-0.2, 0) is 13.6 Å². The highest BCUT2D eigenvalue weighted by Gasteiger charge is 2.50. The lowest BCUT2D eigenvalue weighted by molar-refractivity contribution is -0.0230. The van der Waals surface area contributed by atoms with E-state index in [1.807, 2.05) is 22.7 Å². The summed E-state index contributed by atoms with van der Waals surface area (Å²) >= 11 is 1.67. The number of thiophene rings is 1. The van der Waals surface area contributed by atoms with Crippen molar-refractivity contribution in [3.8, 4) is 0 Å². The fourth-order valence-electron chi connectivity index (χ4n) is 3.09. The van der Waals surface area contributed by atoms with E-state index < -0.39 is 0 Å². The summed E-state index contributed by atoms with van der Waals surface area (Å²) in [5.74, 6) is 0.943. The maximum atomic E-state index is 12.5. The maximum Gasteiger partial charge on any atom is 0.318 e. The summed E-state index contributed by atoms with van der Waals surface area (Å²) in [7, 11) is 1.97. The lowest BCUT2D eigenvalue weighted by atomic mass is 9.74. The number of hydrogen-bond donors (Lipinski definition) is 1. The molecule has 0 aromatic carbocycles. The van der Waals surface area contributed by atoms with Crippen molar-refractivity contribution in [1.29, 1.82) is 0 Å². The zero-order valence-electron chi connectivity index (χ0n) is 13.5. The molecule has 1 aliphatic rings. The van der Waals surface area contributed by atoms with Crippen molar-refractivity contribution in [2.75, 3.05) is 6.54 Å². The van der Waals surface area contributed by atoms with Crippen molar-refractivity contribution in [2.24, 2.45) is 12.5 Å². The van der Waals surface area contributed by atoms with Crippen molar-refractivity contribution >= 4 is 17.4 Å². The molecule has 1 fully saturated rings. The van der Waals surface area contributed by atoms with E-state index in [1.165, 1.54) is 11.1 Å². The standard InChI is InChI=1S/C16H22N4OS/c1-11-8-22-9-12(11)7-18-15(21)20-10-16(2,3)13(20)14-17-5-6-19(14)4/h5-6,8-9,13H,7,10H2,1-4H3,(H,18,21). The first-order valence-electron chi connectivity index (χ1n) is 7.43. The average Bonchev–Trinajstić information content (AvgIpc) is 3.03. The molecule has 2 aromatic heterocycles. The summed E-state index contributed by atoms with van der Waals surface area (Å²) in [4.78, 5) is 18.8. The monoisotopic (exact) mass is 318 g/mol. The summed E-state index contributed by atoms with van der Waals surface area (Å²) in [6, 6.07) is 0.00833. The van der Waals surface area contributed by atoms with Gasteiger partial charge in [-0.25, -0.2) is 9.78 Å². The minimum atomic E-state index is -0.0158. The van der Waals surface area contributed by atoms with E-state index >= 15 is 0 Å². The van der Waals surface area contributed by atoms with Crippen LogP contribution in [0.2, 0.25) is 0 Å². The third kappa shape index (κ3) is 2.52. The predicted octanol–water partition coefficient (Wildman–Crippen LogP) is 3.08. The summed E-state index contributed by atoms with van der Waals surface area (Å²) in [5, 5.41) is 7.22. The van der Waals surface area contributed by atoms with Crippen molar-refractivity contribution in [3.05, 3.63) is 40.1 Å². The van der Waals surface area contributed by atoms with Gasteiger partial charge in [0, 0.05) is 37.9 Å². The van der Waals surface area contributed by atoms with Gasteiger partial charge in [-0.05, 0) is 28.8 Å². The van der Waals surface area contributed by atoms with Crippen molar-refractivity contribution < 1.29 is 4.79 Å². The van der Waals surface area contributed by atoms with Gasteiger partial charge >= 0.3 is 6.03 Å². The molecular weight excluding hydrogens is 296 g/mol. The van der Waals surface area contributed by atoms with Crippen LogP contribution in [0.4, 0.5) is 4.79 Å². The number of imidazole rings is 1. The number of rotatable bonds is 3. The Hall–Kier alpha value is -1.82. The van der Waals surface area contributed by atoms with Gasteiger partial charge in [-0.2, -0.15) is 11.3 Å². The molecule has 0 spiro atoms. The summed E-state index contributed by atoms with van der Waals surface area (Å²) < 4.78 is 1.99. The van der Waals surface area contributed by atoms with Gasteiger partial charge in [-0.3, -0.25) is 0 Å². The summed E-state index contributed by atoms with van der Waals surface area (Å²) in [5.41, 5.74) is 2.47. The van der Waals surface area contributed by atoms with Crippen LogP contribution in [0.15, 0.2) is 23.2 Å². The van der Waals surface area contributed by atoms with Gasteiger partial charge in [-0.1, -0.05) is 13.8 Å². The second kappa shape index (κ2) is 5.43. The van der Waals surface area contributed by atoms with Crippen molar-refractivity contribution in [2.45, 2.75) is 33.4 Å². The Morgan fingerprint density at radius 2 is 2.27 bits per heavy atom. The first kappa shape index (κ1) is 15.1. The molecule has 1 unspecified atom stereocenters. The van der Waals surface area contributed by atoms with Crippen LogP contribution in [0.5, 0.6) is 0 Å². The lowest BCUT2D eigenvalue weighted by Crippen LogP contribution is -2.60. The zero-order valence-corrected chi connectivity index (χ0v) is 14.3. The number of hydrogen-bond acceptors (Lipinski definition) is 3. The van der Waals surface area contributed by atoms with E-state index in [-0.39, 0.29) is 17.5 Å². The molecule has 6 heteroatoms. The van der Waals surface area contributed by atoms with Gasteiger partial charge < -0.3 is 14.8 Å². The molecule has 5 nitrogen and oxygen atoms in total. The highest BCUT2D eigenvalue weighted by molar-refractivity contribution is 7.08. The number of carbonyl (C=O) groups is 1. The number of nitrogens with zero attached hydrogens (tertiary/aromatic N) is 3. The SMILES string of the molecule is Cc1cscc1CNC(=O)N1CC(C)(C)C1c1nccn1C. The summed E-state index contributed by atoms with van der Waals surface area (Å²) in [6.45, 7) is 7.76. The Balaban J connectivity index is 1.70. The third-order valence-electron chi connectivity index (χ3n) is 4.39. The minimum Gasteiger partial charge on any atom is -0.336 e. The molecule has 0 aliphatic carbocycles. The number of urea groups is 1. The van der Waals surface area contributed by atoms with E-state index in [1.54, 1.807) is 17.5 Å². The third-order valence-corrected chi connectivity index (χ3v) is 5.30. The molecule has 2 aromatic rings. The van der Waals surface area contributed by atoms with Gasteiger partial charge in [-0.15, -0.1) is 0 Å². The van der Waals surface area contributed by atoms with Gasteiger partial charge in [0.1, 0.15) is 5.82 Å². The fraction of sp³-hybridized carbons (Fsp3) is 0.500. The normalized spacial score (nSPS) is 19.8. The maximum absolute atomic E-state index is 12.5. The van der Waals surface area contributed by atoms with E-state index in [9.17, 15) is 4.79 Å². The van der Waals surface area contributed by atoms with Crippen LogP contribution in [0.25, 0.3) is 0 Å². The van der Waals surface area contributed by atoms with Gasteiger partial charge in [0.2, 0.25) is 0 Å². The molecule has 1 atom stereocenters. The Kier molecular flexibility index (Phi) is 3.72. The van der Waals surface area contributed by atoms with Crippen LogP contribution >= 0.6 is 11.3 Å². The second-order valence-corrected chi connectivity index (χ2v) is 7.40. The molecule has 118 valence electrons. The molecule has 2 amide bonds. The van der Waals surface area contributed by atoms with Crippen LogP contribution in [0.3, 0.4) is 0 Å². The molecule has 3 heterocycles. The van der Waals surface area contributed by atoms with Crippen LogP contribution < -0.4 is 5.32 Å². The first-order valence-corrected chi connectivity index (χ1v) is 8.38. The fourth-order valence-corrected chi connectivity index (χ4v) is 3.94. The lowest BCUT2D eigenvalue weighted by Gasteiger charge is -2.53. The molecule has 1 N–H and O–H groups in total. The second-order valence-electron chi connectivity index (χ2n) is 6.65. The molecular formula is C16H22N4OS. The van der Waals surface area contributed by atoms with Crippen LogP contribution in [0.1, 0.15) is 36.8 Å². The number of nitrogens with one attached hydrogen (secondary N) is 1. The zero-order chi connectivity index (χ0) is 15.9. The molecule has 1 saturated heterocycles. The first-order chi connectivity index (χ1) is 10.4. The van der Waals surface area contributed by atoms with E-state index in [0.717, 1.165) is 12.4 Å². The number of likely N-dealkylation sites (tertiary alicyclic amines) is 1. The largest absolute Gasteiger partial charge is 0.336 e. The quantitative estimate of drug-likeness (QED) is 0.945. The van der Waals surface area contributed by atoms with Crippen LogP contribution in [0, 0.1) is 12.3 Å². The Bertz CT molecular complexity index is 688. The molecule has 0 saturated carbocycles. The Morgan fingerprint density at radius 1 is 1.50 bits per heavy atom. The van der Waals surface area contributed by atoms with E-state index in [2.05, 4.69) is 41.8 Å². The topological polar surface area (TPSA) is 50.2 Å². The Morgan fingerprint density at radius 3 is 2.82 bits per heavy atom. The van der Waals surface area contributed by atoms with Crippen molar-refractivity contribution in [3.63, 3.8) is 0 Å². The highest BCUT2D eigenvalue weighted by atomic mass is 32.1. The van der Waals surface area contributed by atoms with Gasteiger partial charge in [0.15, 0.2) is 0 Å². The predicted molar refractivity (Wildman–Crippen MR) is 87.7 cm³/mol. The van der Waals surface area contributed by atoms with E-state index in [4.69, 9.17) is 0 Å². The van der Waals surface area contributed by atoms with E-state index in [0.29, 0.717) is 6.54 Å². The number of aryl methyl sites for hydroxylation is 2. The molecule has 0 bridgehead atoms. The Labute approximate surface area is 135 Å². The molecule has 1 aliphatic heterocycles. The number of carbonyl (C=O) groups excluding carboxylic acids is 1. The van der Waals surface area contributed by atoms with Gasteiger partial charge in [0.25, 0.3) is 0 Å². The highest BCUT2D eigenvalue weighted by Crippen LogP contribution is 2.47. The summed E-state index contributed by atoms with van der Waals surface area (Å²) in [6.07, 6.45) is 3.71. The minimum absolute atomic E-state index is 0.0158.